The Morgan fingerprint density at radius 1 is 0.681 bits per heavy atom. The van der Waals surface area contributed by atoms with Gasteiger partial charge in [0.25, 0.3) is 0 Å². The summed E-state index contributed by atoms with van der Waals surface area (Å²) in [6.07, 6.45) is 0.762. The van der Waals surface area contributed by atoms with E-state index >= 15 is 0 Å². The van der Waals surface area contributed by atoms with Crippen molar-refractivity contribution in [2.75, 3.05) is 66.9 Å². The molecule has 3 aromatic heterocycles. The predicted octanol–water partition coefficient (Wildman–Crippen LogP) is 3.13. The Labute approximate surface area is 553 Å². The molecule has 6 heterocycles. The number of carbonyl (C=O) groups excluding carboxylic acids is 7. The van der Waals surface area contributed by atoms with Crippen LogP contribution in [0.1, 0.15) is 102 Å². The molecule has 0 saturated carbocycles. The number of methoxy groups -OCH3 is 2. The number of nitrogens with zero attached hydrogens (tertiary/aromatic N) is 3. The maximum atomic E-state index is 13.1. The number of thiazole rings is 2. The summed E-state index contributed by atoms with van der Waals surface area (Å²) in [5.41, 5.74) is 3.51. The van der Waals surface area contributed by atoms with E-state index in [1.807, 2.05) is 13.8 Å². The summed E-state index contributed by atoms with van der Waals surface area (Å²) < 4.78 is 65.8. The second-order valence-corrected chi connectivity index (χ2v) is 31.6. The van der Waals surface area contributed by atoms with Crippen molar-refractivity contribution in [2.24, 2.45) is 22.2 Å². The average Bonchev–Trinajstić information content (AvgIpc) is 1.05. The van der Waals surface area contributed by atoms with Crippen LogP contribution in [0.25, 0.3) is 0 Å². The van der Waals surface area contributed by atoms with E-state index in [1.54, 1.807) is 70.9 Å². The van der Waals surface area contributed by atoms with Crippen molar-refractivity contribution >= 4 is 100 Å². The van der Waals surface area contributed by atoms with Crippen molar-refractivity contribution in [3.63, 3.8) is 0 Å². The quantitative estimate of drug-likeness (QED) is 0.0271. The molecule has 3 aliphatic rings. The molecule has 3 amide bonds. The molecule has 8 atom stereocenters. The molecule has 0 spiro atoms. The number of carbonyl (C=O) groups is 9. The van der Waals surface area contributed by atoms with Crippen LogP contribution in [-0.4, -0.2) is 192 Å². The Hall–Kier alpha value is -5.71. The number of carboxylic acid groups (broad SMARTS) is 2. The van der Waals surface area contributed by atoms with E-state index in [-0.39, 0.29) is 71.9 Å². The number of hydrogen-bond acceptors (Lipinski definition) is 29. The molecule has 0 aliphatic carbocycles. The molecule has 0 aromatic carbocycles. The monoisotopic (exact) mass is 1430 g/mol. The Morgan fingerprint density at radius 2 is 1.13 bits per heavy atom. The van der Waals surface area contributed by atoms with Crippen molar-refractivity contribution < 1.29 is 114 Å². The van der Waals surface area contributed by atoms with E-state index in [0.717, 1.165) is 21.1 Å². The van der Waals surface area contributed by atoms with E-state index in [0.29, 0.717) is 18.4 Å². The number of aryl methyl sites for hydroxylation is 2. The number of aromatic nitrogens is 3. The molecule has 0 bridgehead atoms. The molecule has 3 aliphatic heterocycles. The van der Waals surface area contributed by atoms with E-state index in [2.05, 4.69) is 55.6 Å². The zero-order valence-electron chi connectivity index (χ0n) is 54.8. The van der Waals surface area contributed by atoms with Crippen molar-refractivity contribution in [3.05, 3.63) is 62.3 Å². The first-order chi connectivity index (χ1) is 43.9. The molecule has 530 valence electrons. The summed E-state index contributed by atoms with van der Waals surface area (Å²) in [6, 6.07) is 0.194. The average molecular weight is 1430 g/mol. The topological polar surface area (TPSA) is 455 Å². The molecular formula is C56H90N9O24P3S2. The molecule has 3 fully saturated rings. The summed E-state index contributed by atoms with van der Waals surface area (Å²) >= 11 is 2.98. The van der Waals surface area contributed by atoms with Gasteiger partial charge in [-0.15, -0.1) is 0 Å². The molecule has 94 heavy (non-hydrogen) atoms. The third-order valence-corrected chi connectivity index (χ3v) is 21.7. The van der Waals surface area contributed by atoms with Gasteiger partial charge in [-0.3, -0.25) is 28.4 Å². The van der Waals surface area contributed by atoms with Crippen LogP contribution in [0.4, 0.5) is 0 Å². The van der Waals surface area contributed by atoms with Gasteiger partial charge in [0.05, 0.1) is 20.1 Å². The third kappa shape index (κ3) is 25.7. The number of pyridine rings is 1. The van der Waals surface area contributed by atoms with Crippen molar-refractivity contribution in [1.29, 1.82) is 0 Å². The normalized spacial score (nSPS) is 22.5. The molecule has 33 nitrogen and oxygen atoms in total. The van der Waals surface area contributed by atoms with E-state index in [1.165, 1.54) is 63.9 Å². The van der Waals surface area contributed by atoms with E-state index < -0.39 is 136 Å². The van der Waals surface area contributed by atoms with Gasteiger partial charge in [-0.25, -0.2) is 9.65 Å². The molecule has 10 N–H and O–H groups in total. The van der Waals surface area contributed by atoms with Crippen LogP contribution in [0.2, 0.25) is 0 Å². The molecule has 2 unspecified atom stereocenters. The molecule has 0 radical (unpaired) electrons. The van der Waals surface area contributed by atoms with Crippen LogP contribution in [0.3, 0.4) is 0 Å². The van der Waals surface area contributed by atoms with Gasteiger partial charge in [0.15, 0.2) is 6.10 Å². The SMILES string of the molecule is COC(=O)CCNC(=O)[C@@H]1OP(=O)(NC(Cc2cccnc2)C(=O)O)OCC1(C)C.COC(=O)CCNC(=O)[C@@H]1O[PH](O)(N[C@H](C)C(=O)OCCc2scnc2C)OCC1(C)C.Cc1ncsc1CCOC(=O)[C@H](C)N[PH]1(O)OCC(C)(C)[C@H](C(=O)NC[C@H](C)C(=O)O)O1. The second kappa shape index (κ2) is 36.6. The van der Waals surface area contributed by atoms with Gasteiger partial charge < -0.3 is 15.2 Å². The number of nitrogens with one attached hydrogen (secondary N) is 6. The fourth-order valence-electron chi connectivity index (χ4n) is 8.57. The summed E-state index contributed by atoms with van der Waals surface area (Å²) in [5.74, 6) is -6.84. The minimum absolute atomic E-state index is 0.00170. The van der Waals surface area contributed by atoms with Crippen LogP contribution in [0.15, 0.2) is 35.5 Å². The minimum atomic E-state index is -4.11. The molecule has 6 rings (SSSR count). The van der Waals surface area contributed by atoms with Gasteiger partial charge in [0, 0.05) is 30.8 Å². The summed E-state index contributed by atoms with van der Waals surface area (Å²) in [6.45, 7) is 18.9. The van der Waals surface area contributed by atoms with E-state index in [4.69, 9.17) is 41.7 Å². The second-order valence-electron chi connectivity index (χ2n) is 24.1. The Morgan fingerprint density at radius 3 is 1.53 bits per heavy atom. The first-order valence-electron chi connectivity index (χ1n) is 29.6. The number of esters is 4. The fourth-order valence-corrected chi connectivity index (χ4v) is 16.4. The van der Waals surface area contributed by atoms with Crippen molar-refractivity contribution in [1.82, 2.24) is 46.2 Å². The fraction of sp³-hybridized carbons (Fsp3) is 0.643. The number of amides is 3. The first kappa shape index (κ1) is 80.7. The van der Waals surface area contributed by atoms with Crippen LogP contribution in [0.5, 0.6) is 0 Å². The Balaban J connectivity index is 0.000000300. The van der Waals surface area contributed by atoms with Crippen LogP contribution in [0, 0.1) is 36.0 Å². The van der Waals surface area contributed by atoms with Gasteiger partial charge in [0.1, 0.15) is 6.04 Å². The number of carboxylic acids is 2. The van der Waals surface area contributed by atoms with E-state index in [9.17, 15) is 62.6 Å². The van der Waals surface area contributed by atoms with Crippen LogP contribution in [-0.2, 0) is 113 Å². The van der Waals surface area contributed by atoms with Gasteiger partial charge >= 0.3 is 402 Å². The van der Waals surface area contributed by atoms with Gasteiger partial charge in [-0.05, 0) is 11.6 Å². The Kier molecular flexibility index (Phi) is 31.4. The predicted molar refractivity (Wildman–Crippen MR) is 342 cm³/mol. The van der Waals surface area contributed by atoms with Crippen molar-refractivity contribution in [3.8, 4) is 0 Å². The number of aliphatic carboxylic acids is 2. The van der Waals surface area contributed by atoms with Gasteiger partial charge in [-0.2, -0.15) is 0 Å². The summed E-state index contributed by atoms with van der Waals surface area (Å²) in [7, 11) is -9.76. The maximum absolute atomic E-state index is 13.1. The van der Waals surface area contributed by atoms with Crippen LogP contribution >= 0.6 is 46.6 Å². The molecule has 38 heteroatoms. The number of ether oxygens (including phenoxy) is 4. The molecule has 3 saturated heterocycles. The molecule has 3 aromatic rings. The summed E-state index contributed by atoms with van der Waals surface area (Å²) in [4.78, 5) is 143. The van der Waals surface area contributed by atoms with Gasteiger partial charge in [-0.1, -0.05) is 19.9 Å². The Bertz CT molecular complexity index is 3110. The molecular weight excluding hydrogens is 1340 g/mol. The number of rotatable bonds is 29. The van der Waals surface area contributed by atoms with Crippen molar-refractivity contribution in [2.45, 2.75) is 145 Å². The third-order valence-electron chi connectivity index (χ3n) is 14.4. The zero-order chi connectivity index (χ0) is 70.4. The van der Waals surface area contributed by atoms with Gasteiger partial charge in [0.2, 0.25) is 5.91 Å². The summed E-state index contributed by atoms with van der Waals surface area (Å²) in [5, 5.41) is 33.9. The number of hydrogen-bond donors (Lipinski definition) is 10. The first-order valence-corrected chi connectivity index (χ1v) is 36.5. The van der Waals surface area contributed by atoms with Crippen LogP contribution < -0.4 is 31.2 Å². The standard InChI is InChI=1S/2C19H32N3O8PS.C18H26N3O8P/c1-12-14(32-11-21-12)7-9-28-18(25)13(2)22-31(26)29-10-19(3,4)16(30-31)17(24)20-8-6-15(23)27-5;1-11(17(24)25)8-20-16(23)15-19(4,5)9-29-31(27,30-15)22-13(3)18(26)28-7-6-14-12(2)21-10-32-14;1-18(2)11-28-30(26,29-15(18)16(23)20-8-6-14(22)27-3)21-13(17(24)25)9-12-5-4-7-19-10-12/h11,13,16,22,26,31H,6-10H2,1-5H3,(H,20,24);10-11,13,15,22,27,31H,6-9H2,1-5H3,(H,20,23)(H,24,25);4-5,7,10,13,15H,6,8-9,11H2,1-3H3,(H,20,23)(H,21,26)(H,24,25)/t13-,16+;11-,13-,15-;13?,15-,30?/m100/s1. The zero-order valence-corrected chi connectivity index (χ0v) is 59.3.